The summed E-state index contributed by atoms with van der Waals surface area (Å²) in [4.78, 5) is 5.03. The lowest BCUT2D eigenvalue weighted by Gasteiger charge is -2.03. The summed E-state index contributed by atoms with van der Waals surface area (Å²) in [5, 5.41) is 9.01. The molecule has 1 fully saturated rings. The minimum atomic E-state index is 0.288. The SMILES string of the molecule is BrCCc1cn([C@H]2CNOC2)nn1. The van der Waals surface area contributed by atoms with Crippen LogP contribution in [0.3, 0.4) is 0 Å². The molecule has 13 heavy (non-hydrogen) atoms. The Labute approximate surface area is 84.5 Å². The topological polar surface area (TPSA) is 52.0 Å². The van der Waals surface area contributed by atoms with Gasteiger partial charge in [-0.05, 0) is 0 Å². The Balaban J connectivity index is 2.03. The van der Waals surface area contributed by atoms with E-state index in [1.807, 2.05) is 10.9 Å². The quantitative estimate of drug-likeness (QED) is 0.780. The largest absolute Gasteiger partial charge is 0.299 e. The molecule has 1 aromatic rings. The number of nitrogens with one attached hydrogen (secondary N) is 1. The Morgan fingerprint density at radius 1 is 1.77 bits per heavy atom. The Morgan fingerprint density at radius 2 is 2.69 bits per heavy atom. The molecule has 0 bridgehead atoms. The van der Waals surface area contributed by atoms with Gasteiger partial charge in [0.25, 0.3) is 0 Å². The van der Waals surface area contributed by atoms with Crippen molar-refractivity contribution in [3.63, 3.8) is 0 Å². The summed E-state index contributed by atoms with van der Waals surface area (Å²) in [5.41, 5.74) is 3.83. The molecule has 0 saturated carbocycles. The molecule has 0 spiro atoms. The lowest BCUT2D eigenvalue weighted by molar-refractivity contribution is 0.0968. The first-order chi connectivity index (χ1) is 6.40. The first kappa shape index (κ1) is 9.11. The zero-order valence-electron chi connectivity index (χ0n) is 7.11. The van der Waals surface area contributed by atoms with Gasteiger partial charge >= 0.3 is 0 Å². The summed E-state index contributed by atoms with van der Waals surface area (Å²) in [6.45, 7) is 1.47. The first-order valence-electron chi connectivity index (χ1n) is 4.21. The Morgan fingerprint density at radius 3 is 3.38 bits per heavy atom. The normalized spacial score (nSPS) is 22.4. The van der Waals surface area contributed by atoms with Crippen molar-refractivity contribution in [1.29, 1.82) is 0 Å². The summed E-state index contributed by atoms with van der Waals surface area (Å²) in [5.74, 6) is 0. The third kappa shape index (κ3) is 2.07. The summed E-state index contributed by atoms with van der Waals surface area (Å²) in [6.07, 6.45) is 2.89. The van der Waals surface area contributed by atoms with Crippen molar-refractivity contribution in [3.8, 4) is 0 Å². The van der Waals surface area contributed by atoms with Crippen molar-refractivity contribution in [3.05, 3.63) is 11.9 Å². The van der Waals surface area contributed by atoms with Crippen LogP contribution in [0.15, 0.2) is 6.20 Å². The van der Waals surface area contributed by atoms with Gasteiger partial charge in [0.15, 0.2) is 0 Å². The number of rotatable bonds is 3. The standard InChI is InChI=1S/C7H11BrN4O/c8-2-1-6-4-12(11-10-6)7-3-9-13-5-7/h4,7,9H,1-3,5H2/t7-/m0/s1. The number of aryl methyl sites for hydroxylation is 1. The maximum absolute atomic E-state index is 5.03. The molecule has 0 radical (unpaired) electrons. The van der Waals surface area contributed by atoms with Crippen molar-refractivity contribution < 1.29 is 4.84 Å². The molecular formula is C7H11BrN4O. The number of alkyl halides is 1. The van der Waals surface area contributed by atoms with E-state index in [-0.39, 0.29) is 6.04 Å². The summed E-state index contributed by atoms with van der Waals surface area (Å²) in [7, 11) is 0. The van der Waals surface area contributed by atoms with Crippen molar-refractivity contribution in [2.75, 3.05) is 18.5 Å². The van der Waals surface area contributed by atoms with Gasteiger partial charge in [-0.1, -0.05) is 21.1 Å². The smallest absolute Gasteiger partial charge is 0.0937 e. The molecule has 5 nitrogen and oxygen atoms in total. The van der Waals surface area contributed by atoms with E-state index in [2.05, 4.69) is 31.7 Å². The van der Waals surface area contributed by atoms with E-state index in [0.717, 1.165) is 24.0 Å². The molecule has 1 aliphatic rings. The Bertz CT molecular complexity index is 271. The average Bonchev–Trinajstić information content (AvgIpc) is 2.70. The minimum Gasteiger partial charge on any atom is -0.299 e. The van der Waals surface area contributed by atoms with Gasteiger partial charge in [-0.15, -0.1) is 5.10 Å². The van der Waals surface area contributed by atoms with Gasteiger partial charge in [0.05, 0.1) is 18.3 Å². The fourth-order valence-electron chi connectivity index (χ4n) is 1.24. The predicted molar refractivity (Wildman–Crippen MR) is 50.5 cm³/mol. The fourth-order valence-corrected chi connectivity index (χ4v) is 1.65. The Hall–Kier alpha value is -0.460. The molecule has 1 saturated heterocycles. The van der Waals surface area contributed by atoms with Crippen LogP contribution in [0.1, 0.15) is 11.7 Å². The van der Waals surface area contributed by atoms with Gasteiger partial charge in [0, 0.05) is 24.5 Å². The molecular weight excluding hydrogens is 236 g/mol. The molecule has 1 aromatic heterocycles. The molecule has 0 aromatic carbocycles. The number of hydrogen-bond acceptors (Lipinski definition) is 4. The van der Waals surface area contributed by atoms with E-state index in [1.165, 1.54) is 0 Å². The van der Waals surface area contributed by atoms with Gasteiger partial charge in [-0.2, -0.15) is 0 Å². The highest BCUT2D eigenvalue weighted by atomic mass is 79.9. The number of nitrogens with zero attached hydrogens (tertiary/aromatic N) is 3. The maximum Gasteiger partial charge on any atom is 0.0937 e. The molecule has 0 amide bonds. The summed E-state index contributed by atoms with van der Waals surface area (Å²) >= 11 is 3.36. The third-order valence-corrected chi connectivity index (χ3v) is 2.38. The minimum absolute atomic E-state index is 0.288. The number of hydrogen-bond donors (Lipinski definition) is 1. The van der Waals surface area contributed by atoms with Crippen LogP contribution in [0.2, 0.25) is 0 Å². The van der Waals surface area contributed by atoms with Crippen molar-refractivity contribution in [2.45, 2.75) is 12.5 Å². The maximum atomic E-state index is 5.03. The molecule has 0 aliphatic carbocycles. The molecule has 6 heteroatoms. The van der Waals surface area contributed by atoms with E-state index in [1.54, 1.807) is 0 Å². The highest BCUT2D eigenvalue weighted by Gasteiger charge is 2.18. The predicted octanol–water partition coefficient (Wildman–Crippen LogP) is 0.291. The number of hydroxylamine groups is 1. The van der Waals surface area contributed by atoms with Gasteiger partial charge in [0.2, 0.25) is 0 Å². The molecule has 72 valence electrons. The lowest BCUT2D eigenvalue weighted by Crippen LogP contribution is -2.14. The summed E-state index contributed by atoms with van der Waals surface area (Å²) < 4.78 is 1.86. The van der Waals surface area contributed by atoms with Crippen LogP contribution in [0.4, 0.5) is 0 Å². The summed E-state index contributed by atoms with van der Waals surface area (Å²) in [6, 6.07) is 0.288. The van der Waals surface area contributed by atoms with Crippen LogP contribution in [0.25, 0.3) is 0 Å². The van der Waals surface area contributed by atoms with Gasteiger partial charge < -0.3 is 0 Å². The van der Waals surface area contributed by atoms with Gasteiger partial charge in [-0.25, -0.2) is 10.2 Å². The average molecular weight is 247 g/mol. The van der Waals surface area contributed by atoms with Crippen LogP contribution < -0.4 is 5.48 Å². The van der Waals surface area contributed by atoms with E-state index < -0.39 is 0 Å². The number of aromatic nitrogens is 3. The van der Waals surface area contributed by atoms with E-state index in [9.17, 15) is 0 Å². The zero-order chi connectivity index (χ0) is 9.10. The molecule has 1 N–H and O–H groups in total. The monoisotopic (exact) mass is 246 g/mol. The van der Waals surface area contributed by atoms with Crippen molar-refractivity contribution in [2.24, 2.45) is 0 Å². The fraction of sp³-hybridized carbons (Fsp3) is 0.714. The second-order valence-corrected chi connectivity index (χ2v) is 3.74. The zero-order valence-corrected chi connectivity index (χ0v) is 8.70. The number of halogens is 1. The van der Waals surface area contributed by atoms with E-state index in [4.69, 9.17) is 4.84 Å². The second kappa shape index (κ2) is 4.17. The first-order valence-corrected chi connectivity index (χ1v) is 5.33. The molecule has 2 rings (SSSR count). The van der Waals surface area contributed by atoms with Crippen LogP contribution >= 0.6 is 15.9 Å². The van der Waals surface area contributed by atoms with Crippen LogP contribution in [-0.4, -0.2) is 33.5 Å². The van der Waals surface area contributed by atoms with Crippen molar-refractivity contribution in [1.82, 2.24) is 20.5 Å². The van der Waals surface area contributed by atoms with E-state index in [0.29, 0.717) is 6.61 Å². The Kier molecular flexibility index (Phi) is 2.92. The molecule has 2 heterocycles. The van der Waals surface area contributed by atoms with Crippen LogP contribution in [0.5, 0.6) is 0 Å². The van der Waals surface area contributed by atoms with E-state index >= 15 is 0 Å². The molecule has 0 unspecified atom stereocenters. The highest BCUT2D eigenvalue weighted by Crippen LogP contribution is 2.09. The molecule has 1 atom stereocenters. The van der Waals surface area contributed by atoms with Gasteiger partial charge in [0.1, 0.15) is 0 Å². The molecule has 1 aliphatic heterocycles. The van der Waals surface area contributed by atoms with Crippen LogP contribution in [0, 0.1) is 0 Å². The van der Waals surface area contributed by atoms with Crippen molar-refractivity contribution >= 4 is 15.9 Å². The van der Waals surface area contributed by atoms with Crippen LogP contribution in [-0.2, 0) is 11.3 Å². The third-order valence-electron chi connectivity index (χ3n) is 1.98. The van der Waals surface area contributed by atoms with Gasteiger partial charge in [-0.3, -0.25) is 4.84 Å². The second-order valence-electron chi connectivity index (χ2n) is 2.94. The lowest BCUT2D eigenvalue weighted by atomic mass is 10.3. The highest BCUT2D eigenvalue weighted by molar-refractivity contribution is 9.09.